The number of carbonyl (C=O) groups is 1. The summed E-state index contributed by atoms with van der Waals surface area (Å²) in [5.41, 5.74) is 2.52. The van der Waals surface area contributed by atoms with Gasteiger partial charge >= 0.3 is 5.97 Å². The van der Waals surface area contributed by atoms with E-state index in [0.717, 1.165) is 22.2 Å². The monoisotopic (exact) mass is 253 g/mol. The topological polar surface area (TPSA) is 68.0 Å². The Hall–Kier alpha value is -2.69. The van der Waals surface area contributed by atoms with Crippen LogP contribution in [0.3, 0.4) is 0 Å². The van der Waals surface area contributed by atoms with Crippen molar-refractivity contribution < 1.29 is 9.90 Å². The minimum atomic E-state index is -1.03. The van der Waals surface area contributed by atoms with Crippen LogP contribution in [0.25, 0.3) is 22.2 Å². The molecule has 2 heterocycles. The molecule has 94 valence electrons. The van der Waals surface area contributed by atoms with Crippen molar-refractivity contribution in [2.75, 3.05) is 0 Å². The summed E-state index contributed by atoms with van der Waals surface area (Å²) in [7, 11) is 1.72. The number of nitrogens with zero attached hydrogens (tertiary/aromatic N) is 3. The van der Waals surface area contributed by atoms with Crippen LogP contribution in [0.2, 0.25) is 0 Å². The van der Waals surface area contributed by atoms with Gasteiger partial charge in [0.2, 0.25) is 0 Å². The van der Waals surface area contributed by atoms with Crippen molar-refractivity contribution in [3.63, 3.8) is 0 Å². The lowest BCUT2D eigenvalue weighted by Crippen LogP contribution is -1.99. The molecule has 0 fully saturated rings. The largest absolute Gasteiger partial charge is 0.476 e. The molecule has 5 heteroatoms. The molecule has 0 aliphatic carbocycles. The van der Waals surface area contributed by atoms with Crippen LogP contribution in [0.15, 0.2) is 42.6 Å². The fraction of sp³-hybridized carbons (Fsp3) is 0.0714. The van der Waals surface area contributed by atoms with E-state index in [9.17, 15) is 4.79 Å². The van der Waals surface area contributed by atoms with Gasteiger partial charge < -0.3 is 5.11 Å². The summed E-state index contributed by atoms with van der Waals surface area (Å²) >= 11 is 0. The predicted molar refractivity (Wildman–Crippen MR) is 70.9 cm³/mol. The fourth-order valence-corrected chi connectivity index (χ4v) is 2.05. The Bertz CT molecular complexity index is 777. The minimum Gasteiger partial charge on any atom is -0.476 e. The van der Waals surface area contributed by atoms with Gasteiger partial charge in [-0.05, 0) is 18.2 Å². The Morgan fingerprint density at radius 1 is 1.26 bits per heavy atom. The van der Waals surface area contributed by atoms with Gasteiger partial charge in [-0.3, -0.25) is 9.67 Å². The molecule has 0 bridgehead atoms. The highest BCUT2D eigenvalue weighted by molar-refractivity contribution is 5.88. The zero-order valence-corrected chi connectivity index (χ0v) is 10.2. The highest BCUT2D eigenvalue weighted by atomic mass is 16.4. The van der Waals surface area contributed by atoms with Crippen LogP contribution >= 0.6 is 0 Å². The van der Waals surface area contributed by atoms with Gasteiger partial charge in [0, 0.05) is 24.2 Å². The van der Waals surface area contributed by atoms with Crippen LogP contribution in [-0.2, 0) is 7.05 Å². The zero-order chi connectivity index (χ0) is 13.4. The number of benzene rings is 1. The van der Waals surface area contributed by atoms with E-state index in [2.05, 4.69) is 10.1 Å². The van der Waals surface area contributed by atoms with Crippen LogP contribution in [0, 0.1) is 0 Å². The third kappa shape index (κ3) is 1.95. The Morgan fingerprint density at radius 2 is 2.05 bits per heavy atom. The van der Waals surface area contributed by atoms with Crippen molar-refractivity contribution in [1.29, 1.82) is 0 Å². The summed E-state index contributed by atoms with van der Waals surface area (Å²) in [4.78, 5) is 15.3. The number of carboxylic acid groups (broad SMARTS) is 1. The van der Waals surface area contributed by atoms with Gasteiger partial charge in [-0.25, -0.2) is 4.79 Å². The van der Waals surface area contributed by atoms with E-state index in [1.54, 1.807) is 24.0 Å². The lowest BCUT2D eigenvalue weighted by atomic mass is 10.1. The molecule has 0 aliphatic rings. The van der Waals surface area contributed by atoms with Crippen molar-refractivity contribution >= 4 is 16.9 Å². The van der Waals surface area contributed by atoms with E-state index in [4.69, 9.17) is 5.11 Å². The van der Waals surface area contributed by atoms with Crippen LogP contribution in [0.4, 0.5) is 0 Å². The first kappa shape index (κ1) is 11.4. The van der Waals surface area contributed by atoms with Gasteiger partial charge in [0.1, 0.15) is 0 Å². The third-order valence-corrected chi connectivity index (χ3v) is 2.99. The standard InChI is InChI=1S/C14H11N3O2/c1-17-13(7-12(16-17)14(18)19)10-6-9-4-2-3-5-11(9)15-8-10/h2-8H,1H3,(H,18,19). The molecule has 0 atom stereocenters. The third-order valence-electron chi connectivity index (χ3n) is 2.99. The number of hydrogen-bond donors (Lipinski definition) is 1. The average Bonchev–Trinajstić information content (AvgIpc) is 2.80. The second-order valence-electron chi connectivity index (χ2n) is 4.26. The van der Waals surface area contributed by atoms with Gasteiger partial charge in [0.25, 0.3) is 0 Å². The molecule has 3 aromatic rings. The summed E-state index contributed by atoms with van der Waals surface area (Å²) in [6, 6.07) is 11.3. The summed E-state index contributed by atoms with van der Waals surface area (Å²) in [5.74, 6) is -1.03. The molecule has 1 N–H and O–H groups in total. The van der Waals surface area contributed by atoms with Gasteiger partial charge in [-0.1, -0.05) is 18.2 Å². The molecule has 0 saturated heterocycles. The van der Waals surface area contributed by atoms with Crippen LogP contribution in [0.1, 0.15) is 10.5 Å². The SMILES string of the molecule is Cn1nc(C(=O)O)cc1-c1cnc2ccccc2c1. The van der Waals surface area contributed by atoms with Crippen LogP contribution < -0.4 is 0 Å². The van der Waals surface area contributed by atoms with Crippen LogP contribution in [-0.4, -0.2) is 25.8 Å². The Morgan fingerprint density at radius 3 is 2.79 bits per heavy atom. The summed E-state index contributed by atoms with van der Waals surface area (Å²) in [5, 5.41) is 13.9. The van der Waals surface area contributed by atoms with Gasteiger partial charge in [0.15, 0.2) is 5.69 Å². The molecule has 1 aromatic carbocycles. The van der Waals surface area contributed by atoms with E-state index < -0.39 is 5.97 Å². The van der Waals surface area contributed by atoms with Gasteiger partial charge in [-0.15, -0.1) is 0 Å². The number of fused-ring (bicyclic) bond motifs is 1. The number of aromatic carboxylic acids is 1. The molecule has 0 unspecified atom stereocenters. The normalized spacial score (nSPS) is 10.8. The summed E-state index contributed by atoms with van der Waals surface area (Å²) in [6.45, 7) is 0. The highest BCUT2D eigenvalue weighted by Crippen LogP contribution is 2.23. The molecule has 2 aromatic heterocycles. The van der Waals surface area contributed by atoms with Crippen molar-refractivity contribution in [2.45, 2.75) is 0 Å². The molecule has 0 saturated carbocycles. The van der Waals surface area contributed by atoms with E-state index in [1.807, 2.05) is 30.3 Å². The number of pyridine rings is 1. The van der Waals surface area contributed by atoms with Gasteiger partial charge in [0.05, 0.1) is 11.2 Å². The summed E-state index contributed by atoms with van der Waals surface area (Å²) < 4.78 is 1.55. The first-order valence-corrected chi connectivity index (χ1v) is 5.77. The van der Waals surface area contributed by atoms with Crippen LogP contribution in [0.5, 0.6) is 0 Å². The number of aryl methyl sites for hydroxylation is 1. The van der Waals surface area contributed by atoms with Crippen molar-refractivity contribution in [3.05, 3.63) is 48.3 Å². The zero-order valence-electron chi connectivity index (χ0n) is 10.2. The Labute approximate surface area is 109 Å². The molecule has 0 amide bonds. The number of carboxylic acids is 1. The number of rotatable bonds is 2. The molecule has 19 heavy (non-hydrogen) atoms. The maximum absolute atomic E-state index is 10.9. The number of aromatic nitrogens is 3. The van der Waals surface area contributed by atoms with Crippen molar-refractivity contribution in [2.24, 2.45) is 7.05 Å². The Kier molecular flexibility index (Phi) is 2.52. The number of para-hydroxylation sites is 1. The quantitative estimate of drug-likeness (QED) is 0.761. The highest BCUT2D eigenvalue weighted by Gasteiger charge is 2.13. The first-order valence-electron chi connectivity index (χ1n) is 5.77. The molecular weight excluding hydrogens is 242 g/mol. The van der Waals surface area contributed by atoms with E-state index >= 15 is 0 Å². The lowest BCUT2D eigenvalue weighted by Gasteiger charge is -2.03. The van der Waals surface area contributed by atoms with E-state index in [1.165, 1.54) is 0 Å². The maximum atomic E-state index is 10.9. The molecule has 3 rings (SSSR count). The Balaban J connectivity index is 2.16. The van der Waals surface area contributed by atoms with E-state index in [-0.39, 0.29) is 5.69 Å². The lowest BCUT2D eigenvalue weighted by molar-refractivity contribution is 0.0689. The first-order chi connectivity index (χ1) is 9.15. The fourth-order valence-electron chi connectivity index (χ4n) is 2.05. The minimum absolute atomic E-state index is 0.0330. The predicted octanol–water partition coefficient (Wildman–Crippen LogP) is 2.33. The van der Waals surface area contributed by atoms with E-state index in [0.29, 0.717) is 0 Å². The second kappa shape index (κ2) is 4.20. The number of hydrogen-bond acceptors (Lipinski definition) is 3. The maximum Gasteiger partial charge on any atom is 0.356 e. The van der Waals surface area contributed by atoms with Crippen molar-refractivity contribution in [1.82, 2.24) is 14.8 Å². The smallest absolute Gasteiger partial charge is 0.356 e. The molecule has 0 aliphatic heterocycles. The second-order valence-corrected chi connectivity index (χ2v) is 4.26. The van der Waals surface area contributed by atoms with Crippen molar-refractivity contribution in [3.8, 4) is 11.3 Å². The van der Waals surface area contributed by atoms with Gasteiger partial charge in [-0.2, -0.15) is 5.10 Å². The summed E-state index contributed by atoms with van der Waals surface area (Å²) in [6.07, 6.45) is 1.73. The molecule has 0 radical (unpaired) electrons. The molecule has 0 spiro atoms. The molecule has 5 nitrogen and oxygen atoms in total. The average molecular weight is 253 g/mol. The molecular formula is C14H11N3O2.